The smallest absolute Gasteiger partial charge is 0.306 e. The third kappa shape index (κ3) is 53.8. The number of esters is 3. The Labute approximate surface area is 422 Å². The predicted molar refractivity (Wildman–Crippen MR) is 297 cm³/mol. The van der Waals surface area contributed by atoms with Crippen molar-refractivity contribution in [3.8, 4) is 0 Å². The molecule has 0 spiro atoms. The number of hydrogen-bond acceptors (Lipinski definition) is 6. The number of ether oxygens (including phenoxy) is 3. The van der Waals surface area contributed by atoms with Crippen molar-refractivity contribution in [2.45, 2.75) is 207 Å². The summed E-state index contributed by atoms with van der Waals surface area (Å²) < 4.78 is 16.7. The van der Waals surface area contributed by atoms with Gasteiger partial charge in [0.05, 0.1) is 0 Å². The fourth-order valence-corrected chi connectivity index (χ4v) is 6.52. The molecule has 0 aromatic heterocycles. The molecular formula is C63H96O6. The maximum absolute atomic E-state index is 12.8. The van der Waals surface area contributed by atoms with E-state index in [0.29, 0.717) is 12.8 Å². The van der Waals surface area contributed by atoms with Gasteiger partial charge < -0.3 is 14.2 Å². The maximum atomic E-state index is 12.8. The number of hydrogen-bond donors (Lipinski definition) is 0. The van der Waals surface area contributed by atoms with Crippen LogP contribution in [0.5, 0.6) is 0 Å². The SMILES string of the molecule is CC/C=C\C/C=C\C/C=C\C/C=C\C/C=C\CCCC(=O)OCC(COC(=O)CCC/C=C\C/C=C\C/C=C\C/C=C\C/C=C\CC)OC(=O)CCCCCC/C=C\C/C=C\C/C=C\CCCCC. The van der Waals surface area contributed by atoms with E-state index in [1.54, 1.807) is 0 Å². The second kappa shape index (κ2) is 55.6. The average molecular weight is 949 g/mol. The van der Waals surface area contributed by atoms with E-state index in [4.69, 9.17) is 14.2 Å². The molecule has 384 valence electrons. The number of allylic oxidation sites excluding steroid dienone is 26. The normalized spacial score (nSPS) is 13.0. The minimum absolute atomic E-state index is 0.142. The third-order valence-corrected chi connectivity index (χ3v) is 10.5. The minimum Gasteiger partial charge on any atom is -0.462 e. The summed E-state index contributed by atoms with van der Waals surface area (Å²) in [6.07, 6.45) is 80.9. The molecule has 0 saturated heterocycles. The van der Waals surface area contributed by atoms with Crippen molar-refractivity contribution in [3.63, 3.8) is 0 Å². The van der Waals surface area contributed by atoms with Gasteiger partial charge in [0.15, 0.2) is 6.10 Å². The lowest BCUT2D eigenvalue weighted by Crippen LogP contribution is -2.30. The molecule has 0 fully saturated rings. The van der Waals surface area contributed by atoms with Crippen LogP contribution in [0.2, 0.25) is 0 Å². The molecule has 6 nitrogen and oxygen atoms in total. The lowest BCUT2D eigenvalue weighted by Gasteiger charge is -2.18. The number of carbonyl (C=O) groups is 3. The van der Waals surface area contributed by atoms with Crippen LogP contribution >= 0.6 is 0 Å². The molecule has 0 heterocycles. The van der Waals surface area contributed by atoms with Crippen molar-refractivity contribution in [1.82, 2.24) is 0 Å². The largest absolute Gasteiger partial charge is 0.462 e. The van der Waals surface area contributed by atoms with Crippen LogP contribution in [0.3, 0.4) is 0 Å². The topological polar surface area (TPSA) is 78.9 Å². The van der Waals surface area contributed by atoms with E-state index < -0.39 is 6.10 Å². The van der Waals surface area contributed by atoms with E-state index in [1.807, 2.05) is 0 Å². The molecule has 0 aliphatic rings. The van der Waals surface area contributed by atoms with Crippen LogP contribution in [0.4, 0.5) is 0 Å². The Balaban J connectivity index is 4.65. The first-order chi connectivity index (χ1) is 34.0. The van der Waals surface area contributed by atoms with Crippen LogP contribution in [-0.2, 0) is 28.6 Å². The summed E-state index contributed by atoms with van der Waals surface area (Å²) in [5.41, 5.74) is 0. The molecule has 0 rings (SSSR count). The molecule has 0 unspecified atom stereocenters. The van der Waals surface area contributed by atoms with Gasteiger partial charge in [-0.1, -0.05) is 204 Å². The fourth-order valence-electron chi connectivity index (χ4n) is 6.52. The van der Waals surface area contributed by atoms with Crippen LogP contribution in [0, 0.1) is 0 Å². The number of unbranched alkanes of at least 4 members (excludes halogenated alkanes) is 9. The van der Waals surface area contributed by atoms with Gasteiger partial charge in [-0.25, -0.2) is 0 Å². The Hall–Kier alpha value is -4.97. The van der Waals surface area contributed by atoms with Crippen molar-refractivity contribution in [2.24, 2.45) is 0 Å². The molecule has 6 heteroatoms. The molecule has 0 saturated carbocycles. The Morgan fingerprint density at radius 1 is 0.304 bits per heavy atom. The second-order valence-electron chi connectivity index (χ2n) is 17.0. The predicted octanol–water partition coefficient (Wildman–Crippen LogP) is 18.2. The van der Waals surface area contributed by atoms with Crippen LogP contribution in [0.1, 0.15) is 201 Å². The van der Waals surface area contributed by atoms with Gasteiger partial charge in [0.2, 0.25) is 0 Å². The maximum Gasteiger partial charge on any atom is 0.306 e. The number of rotatable bonds is 46. The summed E-state index contributed by atoms with van der Waals surface area (Å²) in [7, 11) is 0. The monoisotopic (exact) mass is 949 g/mol. The molecule has 0 aliphatic heterocycles. The minimum atomic E-state index is -0.844. The van der Waals surface area contributed by atoms with Gasteiger partial charge in [-0.3, -0.25) is 14.4 Å². The fraction of sp³-hybridized carbons (Fsp3) is 0.540. The molecule has 0 N–H and O–H groups in total. The summed E-state index contributed by atoms with van der Waals surface area (Å²) in [4.78, 5) is 38.1. The Morgan fingerprint density at radius 3 is 0.913 bits per heavy atom. The third-order valence-electron chi connectivity index (χ3n) is 10.5. The number of carbonyl (C=O) groups excluding carboxylic acids is 3. The van der Waals surface area contributed by atoms with Crippen molar-refractivity contribution in [2.75, 3.05) is 13.2 Å². The first-order valence-electron chi connectivity index (χ1n) is 27.0. The van der Waals surface area contributed by atoms with E-state index in [2.05, 4.69) is 179 Å². The highest BCUT2D eigenvalue weighted by Gasteiger charge is 2.19. The lowest BCUT2D eigenvalue weighted by molar-refractivity contribution is -0.167. The van der Waals surface area contributed by atoms with Gasteiger partial charge in [-0.05, 0) is 135 Å². The molecule has 0 aliphatic carbocycles. The van der Waals surface area contributed by atoms with Crippen molar-refractivity contribution < 1.29 is 28.6 Å². The Bertz CT molecular complexity index is 1520. The zero-order valence-corrected chi connectivity index (χ0v) is 43.8. The van der Waals surface area contributed by atoms with E-state index in [1.165, 1.54) is 25.7 Å². The molecule has 0 radical (unpaired) electrons. The molecular weight excluding hydrogens is 853 g/mol. The van der Waals surface area contributed by atoms with E-state index in [-0.39, 0.29) is 50.4 Å². The molecule has 0 bridgehead atoms. The van der Waals surface area contributed by atoms with Crippen molar-refractivity contribution in [1.29, 1.82) is 0 Å². The summed E-state index contributed by atoms with van der Waals surface area (Å²) >= 11 is 0. The molecule has 0 atom stereocenters. The Kier molecular flexibility index (Phi) is 51.6. The van der Waals surface area contributed by atoms with E-state index in [0.717, 1.165) is 122 Å². The Morgan fingerprint density at radius 2 is 0.580 bits per heavy atom. The zero-order valence-electron chi connectivity index (χ0n) is 43.8. The molecule has 0 aromatic rings. The van der Waals surface area contributed by atoms with Crippen LogP contribution in [0.15, 0.2) is 158 Å². The first-order valence-corrected chi connectivity index (χ1v) is 27.0. The second-order valence-corrected chi connectivity index (χ2v) is 17.0. The highest BCUT2D eigenvalue weighted by molar-refractivity contribution is 5.71. The van der Waals surface area contributed by atoms with Crippen LogP contribution in [0.25, 0.3) is 0 Å². The average Bonchev–Trinajstić information content (AvgIpc) is 3.35. The zero-order chi connectivity index (χ0) is 50.0. The standard InChI is InChI=1S/C63H96O6/c1-4-7-10-13-16-19-22-25-28-31-34-37-40-43-46-49-52-55-61(64)67-58-60(69-63(66)57-54-51-48-45-42-39-36-33-30-27-24-21-18-15-12-9-6-3)59-68-62(65)56-53-50-47-44-41-38-35-32-29-26-23-20-17-14-11-8-5-2/h7-8,10-11,16-21,25-30,34-39,43-44,46-47,60H,4-6,9,12-15,22-24,31-33,40-42,45,48-59H2,1-3H3/b10-7-,11-8-,19-16-,20-17-,21-18-,28-25-,29-26-,30-27-,37-34-,38-35-,39-36-,46-43-,47-44-. The summed E-state index contributed by atoms with van der Waals surface area (Å²) in [6.45, 7) is 6.24. The van der Waals surface area contributed by atoms with Crippen LogP contribution in [-0.4, -0.2) is 37.2 Å². The summed E-state index contributed by atoms with van der Waals surface area (Å²) in [5.74, 6) is -1.09. The summed E-state index contributed by atoms with van der Waals surface area (Å²) in [6, 6.07) is 0. The van der Waals surface area contributed by atoms with Crippen LogP contribution < -0.4 is 0 Å². The first kappa shape index (κ1) is 64.0. The van der Waals surface area contributed by atoms with E-state index >= 15 is 0 Å². The van der Waals surface area contributed by atoms with Gasteiger partial charge in [-0.2, -0.15) is 0 Å². The molecule has 69 heavy (non-hydrogen) atoms. The van der Waals surface area contributed by atoms with Gasteiger partial charge in [0, 0.05) is 19.3 Å². The van der Waals surface area contributed by atoms with Crippen molar-refractivity contribution in [3.05, 3.63) is 158 Å². The molecule has 0 amide bonds. The van der Waals surface area contributed by atoms with E-state index in [9.17, 15) is 14.4 Å². The van der Waals surface area contributed by atoms with Gasteiger partial charge in [0.1, 0.15) is 13.2 Å². The summed E-state index contributed by atoms with van der Waals surface area (Å²) in [5, 5.41) is 0. The van der Waals surface area contributed by atoms with Gasteiger partial charge >= 0.3 is 17.9 Å². The van der Waals surface area contributed by atoms with Crippen molar-refractivity contribution >= 4 is 17.9 Å². The highest BCUT2D eigenvalue weighted by Crippen LogP contribution is 2.11. The quantitative estimate of drug-likeness (QED) is 0.0262. The highest BCUT2D eigenvalue weighted by atomic mass is 16.6. The lowest BCUT2D eigenvalue weighted by atomic mass is 10.1. The van der Waals surface area contributed by atoms with Gasteiger partial charge in [0.25, 0.3) is 0 Å². The van der Waals surface area contributed by atoms with Gasteiger partial charge in [-0.15, -0.1) is 0 Å². The molecule has 0 aromatic carbocycles.